The van der Waals surface area contributed by atoms with Crippen LogP contribution in [0.5, 0.6) is 0 Å². The molecule has 2 heterocycles. The van der Waals surface area contributed by atoms with Crippen LogP contribution in [0.1, 0.15) is 19.0 Å². The number of hydrogen-bond donors (Lipinski definition) is 3. The Hall–Kier alpha value is -2.63. The maximum atomic E-state index is 12.1. The number of rotatable bonds is 3. The van der Waals surface area contributed by atoms with Crippen molar-refractivity contribution in [3.63, 3.8) is 0 Å². The molecule has 0 aliphatic heterocycles. The lowest BCUT2D eigenvalue weighted by Gasteiger charge is -2.04. The zero-order valence-electron chi connectivity index (χ0n) is 11.1. The highest BCUT2D eigenvalue weighted by atomic mass is 16.1. The number of aryl methyl sites for hydroxylation is 1. The number of nitrogens with one attached hydrogen (secondary N) is 2. The average Bonchev–Trinajstić information content (AvgIpc) is 2.80. The Balaban J connectivity index is 2.25. The predicted molar refractivity (Wildman–Crippen MR) is 78.4 cm³/mol. The number of H-pyrrole nitrogens is 2. The van der Waals surface area contributed by atoms with Crippen LogP contribution in [0.2, 0.25) is 0 Å². The van der Waals surface area contributed by atoms with E-state index < -0.39 is 0 Å². The van der Waals surface area contributed by atoms with Gasteiger partial charge in [-0.1, -0.05) is 25.5 Å². The monoisotopic (exact) mass is 269 g/mol. The Morgan fingerprint density at radius 3 is 2.90 bits per heavy atom. The largest absolute Gasteiger partial charge is 0.382 e. The van der Waals surface area contributed by atoms with Crippen LogP contribution >= 0.6 is 0 Å². The first-order valence-corrected chi connectivity index (χ1v) is 6.53. The van der Waals surface area contributed by atoms with Gasteiger partial charge in [0.25, 0.3) is 5.56 Å². The van der Waals surface area contributed by atoms with Crippen LogP contribution in [0.25, 0.3) is 22.3 Å². The van der Waals surface area contributed by atoms with Crippen molar-refractivity contribution in [1.29, 1.82) is 0 Å². The fourth-order valence-corrected chi connectivity index (χ4v) is 2.29. The van der Waals surface area contributed by atoms with Crippen molar-refractivity contribution < 1.29 is 0 Å². The number of nitrogens with two attached hydrogens (primary N) is 1. The summed E-state index contributed by atoms with van der Waals surface area (Å²) in [5, 5.41) is 7.48. The quantitative estimate of drug-likeness (QED) is 0.675. The number of hydrogen-bond acceptors (Lipinski definition) is 4. The first kappa shape index (κ1) is 12.4. The summed E-state index contributed by atoms with van der Waals surface area (Å²) in [7, 11) is 0. The van der Waals surface area contributed by atoms with Crippen molar-refractivity contribution in [3.8, 4) is 11.4 Å². The predicted octanol–water partition coefficient (Wildman–Crippen LogP) is 1.85. The minimum absolute atomic E-state index is 0.173. The van der Waals surface area contributed by atoms with Crippen molar-refractivity contribution in [2.45, 2.75) is 19.8 Å². The molecule has 0 spiro atoms. The first-order chi connectivity index (χ1) is 9.70. The van der Waals surface area contributed by atoms with Crippen LogP contribution in [-0.4, -0.2) is 20.2 Å². The highest BCUT2D eigenvalue weighted by Crippen LogP contribution is 2.25. The summed E-state index contributed by atoms with van der Waals surface area (Å²) in [5.41, 5.74) is 7.95. The van der Waals surface area contributed by atoms with Gasteiger partial charge >= 0.3 is 0 Å². The molecular weight excluding hydrogens is 254 g/mol. The topological polar surface area (TPSA) is 100 Å². The summed E-state index contributed by atoms with van der Waals surface area (Å²) in [5.74, 6) is 0.815. The third-order valence-corrected chi connectivity index (χ3v) is 3.22. The standard InChI is InChI=1S/C14H15N5O/c1-2-5-10-11(12(15)19-18-10)13-16-9-7-4-3-6-8(9)14(20)17-13/h3-4,6-7H,2,5H2,1H3,(H3,15,18,19)(H,16,17,20). The fourth-order valence-electron chi connectivity index (χ4n) is 2.29. The van der Waals surface area contributed by atoms with Gasteiger partial charge < -0.3 is 10.7 Å². The number of nitrogens with zero attached hydrogens (tertiary/aromatic N) is 2. The number of nitrogen functional groups attached to an aromatic ring is 1. The van der Waals surface area contributed by atoms with E-state index >= 15 is 0 Å². The molecule has 1 aromatic carbocycles. The summed E-state index contributed by atoms with van der Waals surface area (Å²) < 4.78 is 0. The molecule has 0 atom stereocenters. The summed E-state index contributed by atoms with van der Waals surface area (Å²) in [4.78, 5) is 19.4. The van der Waals surface area contributed by atoms with Crippen LogP contribution in [-0.2, 0) is 6.42 Å². The number of aromatic nitrogens is 4. The molecule has 102 valence electrons. The normalized spacial score (nSPS) is 11.1. The van der Waals surface area contributed by atoms with Gasteiger partial charge in [-0.25, -0.2) is 4.98 Å². The van der Waals surface area contributed by atoms with Crippen molar-refractivity contribution in [1.82, 2.24) is 20.2 Å². The highest BCUT2D eigenvalue weighted by molar-refractivity contribution is 5.81. The van der Waals surface area contributed by atoms with E-state index in [1.165, 1.54) is 0 Å². The number of para-hydroxylation sites is 1. The molecule has 3 aromatic rings. The van der Waals surface area contributed by atoms with E-state index in [1.54, 1.807) is 6.07 Å². The molecule has 0 unspecified atom stereocenters. The SMILES string of the molecule is CCCc1[nH]nc(N)c1-c1nc2ccccc2c(=O)[nH]1. The lowest BCUT2D eigenvalue weighted by molar-refractivity contribution is 0.867. The summed E-state index contributed by atoms with van der Waals surface area (Å²) in [6, 6.07) is 7.22. The number of aromatic amines is 2. The van der Waals surface area contributed by atoms with Crippen molar-refractivity contribution in [2.75, 3.05) is 5.73 Å². The van der Waals surface area contributed by atoms with E-state index in [9.17, 15) is 4.79 Å². The van der Waals surface area contributed by atoms with Gasteiger partial charge in [0.1, 0.15) is 5.82 Å². The molecule has 20 heavy (non-hydrogen) atoms. The Kier molecular flexibility index (Phi) is 2.98. The molecule has 0 bridgehead atoms. The maximum absolute atomic E-state index is 12.1. The van der Waals surface area contributed by atoms with E-state index in [1.807, 2.05) is 18.2 Å². The Bertz CT molecular complexity index is 818. The molecule has 4 N–H and O–H groups in total. The summed E-state index contributed by atoms with van der Waals surface area (Å²) in [6.07, 6.45) is 1.75. The molecule has 0 amide bonds. The van der Waals surface area contributed by atoms with Gasteiger partial charge in [-0.2, -0.15) is 5.10 Å². The van der Waals surface area contributed by atoms with Crippen LogP contribution in [0.4, 0.5) is 5.82 Å². The molecule has 3 rings (SSSR count). The minimum atomic E-state index is -0.173. The molecule has 0 fully saturated rings. The van der Waals surface area contributed by atoms with Gasteiger partial charge in [0.2, 0.25) is 0 Å². The summed E-state index contributed by atoms with van der Waals surface area (Å²) >= 11 is 0. The number of benzene rings is 1. The lowest BCUT2D eigenvalue weighted by atomic mass is 10.1. The molecule has 6 nitrogen and oxygen atoms in total. The minimum Gasteiger partial charge on any atom is -0.382 e. The van der Waals surface area contributed by atoms with E-state index in [0.717, 1.165) is 18.5 Å². The Morgan fingerprint density at radius 1 is 1.30 bits per heavy atom. The molecule has 2 aromatic heterocycles. The molecule has 6 heteroatoms. The van der Waals surface area contributed by atoms with Gasteiger partial charge in [-0.15, -0.1) is 0 Å². The van der Waals surface area contributed by atoms with Gasteiger partial charge in [0.15, 0.2) is 5.82 Å². The van der Waals surface area contributed by atoms with Crippen LogP contribution < -0.4 is 11.3 Å². The van der Waals surface area contributed by atoms with Crippen molar-refractivity contribution >= 4 is 16.7 Å². The zero-order chi connectivity index (χ0) is 14.1. The molecule has 0 saturated heterocycles. The maximum Gasteiger partial charge on any atom is 0.259 e. The summed E-state index contributed by atoms with van der Waals surface area (Å²) in [6.45, 7) is 2.07. The Labute approximate surface area is 115 Å². The van der Waals surface area contributed by atoms with Crippen LogP contribution in [0.15, 0.2) is 29.1 Å². The number of anilines is 1. The van der Waals surface area contributed by atoms with E-state index in [2.05, 4.69) is 27.1 Å². The van der Waals surface area contributed by atoms with E-state index in [0.29, 0.717) is 28.1 Å². The van der Waals surface area contributed by atoms with E-state index in [4.69, 9.17) is 5.73 Å². The first-order valence-electron chi connectivity index (χ1n) is 6.53. The molecule has 0 radical (unpaired) electrons. The third-order valence-electron chi connectivity index (χ3n) is 3.22. The fraction of sp³-hybridized carbons (Fsp3) is 0.214. The Morgan fingerprint density at radius 2 is 2.10 bits per heavy atom. The second kappa shape index (κ2) is 4.80. The second-order valence-corrected chi connectivity index (χ2v) is 4.64. The molecule has 0 saturated carbocycles. The van der Waals surface area contributed by atoms with E-state index in [-0.39, 0.29) is 5.56 Å². The van der Waals surface area contributed by atoms with Gasteiger partial charge in [-0.05, 0) is 18.6 Å². The average molecular weight is 269 g/mol. The van der Waals surface area contributed by atoms with Crippen molar-refractivity contribution in [3.05, 3.63) is 40.3 Å². The van der Waals surface area contributed by atoms with Gasteiger partial charge in [0, 0.05) is 5.69 Å². The lowest BCUT2D eigenvalue weighted by Crippen LogP contribution is -2.10. The molecule has 0 aliphatic carbocycles. The van der Waals surface area contributed by atoms with Gasteiger partial charge in [-0.3, -0.25) is 9.89 Å². The van der Waals surface area contributed by atoms with Crippen molar-refractivity contribution in [2.24, 2.45) is 0 Å². The third kappa shape index (κ3) is 1.95. The second-order valence-electron chi connectivity index (χ2n) is 4.64. The smallest absolute Gasteiger partial charge is 0.259 e. The highest BCUT2D eigenvalue weighted by Gasteiger charge is 2.15. The zero-order valence-corrected chi connectivity index (χ0v) is 11.1. The van der Waals surface area contributed by atoms with Crippen LogP contribution in [0.3, 0.4) is 0 Å². The van der Waals surface area contributed by atoms with Crippen LogP contribution in [0, 0.1) is 0 Å². The number of fused-ring (bicyclic) bond motifs is 1. The van der Waals surface area contributed by atoms with Gasteiger partial charge in [0.05, 0.1) is 16.5 Å². The molecule has 0 aliphatic rings. The molecular formula is C14H15N5O.